The van der Waals surface area contributed by atoms with Crippen molar-refractivity contribution in [2.24, 2.45) is 0 Å². The van der Waals surface area contributed by atoms with Crippen molar-refractivity contribution < 1.29 is 18.4 Å². The lowest BCUT2D eigenvalue weighted by atomic mass is 10.1. The molecule has 1 fully saturated rings. The summed E-state index contributed by atoms with van der Waals surface area (Å²) >= 11 is 10.8. The smallest absolute Gasteiger partial charge is 0.270 e. The van der Waals surface area contributed by atoms with Gasteiger partial charge in [-0.1, -0.05) is 11.6 Å². The normalized spacial score (nSPS) is 16.7. The van der Waals surface area contributed by atoms with Gasteiger partial charge in [-0.2, -0.15) is 0 Å². The van der Waals surface area contributed by atoms with Crippen molar-refractivity contribution in [1.29, 1.82) is 0 Å². The Labute approximate surface area is 146 Å². The molecule has 0 unspecified atom stereocenters. The molecular formula is C16H10ClFN2O3S. The highest BCUT2D eigenvalue weighted by atomic mass is 35.5. The zero-order chi connectivity index (χ0) is 17.4. The Morgan fingerprint density at radius 3 is 2.67 bits per heavy atom. The first kappa shape index (κ1) is 16.4. The number of furan rings is 1. The topological polar surface area (TPSA) is 62.6 Å². The number of carbonyl (C=O) groups excluding carboxylic acids is 2. The van der Waals surface area contributed by atoms with E-state index in [9.17, 15) is 14.0 Å². The van der Waals surface area contributed by atoms with Crippen LogP contribution in [-0.4, -0.2) is 16.9 Å². The fraction of sp³-hybridized carbons (Fsp3) is 0.0625. The van der Waals surface area contributed by atoms with Gasteiger partial charge in [0.1, 0.15) is 22.9 Å². The van der Waals surface area contributed by atoms with E-state index < -0.39 is 17.6 Å². The van der Waals surface area contributed by atoms with Gasteiger partial charge in [0.2, 0.25) is 0 Å². The zero-order valence-corrected chi connectivity index (χ0v) is 13.9. The van der Waals surface area contributed by atoms with Gasteiger partial charge in [0.15, 0.2) is 5.11 Å². The lowest BCUT2D eigenvalue weighted by molar-refractivity contribution is -0.122. The number of hydrogen-bond donors (Lipinski definition) is 1. The Bertz CT molecular complexity index is 906. The van der Waals surface area contributed by atoms with Gasteiger partial charge in [0, 0.05) is 0 Å². The first-order valence-electron chi connectivity index (χ1n) is 6.80. The summed E-state index contributed by atoms with van der Waals surface area (Å²) in [6, 6.07) is 7.06. The van der Waals surface area contributed by atoms with Crippen LogP contribution in [0.3, 0.4) is 0 Å². The first-order chi connectivity index (χ1) is 11.4. The van der Waals surface area contributed by atoms with Crippen LogP contribution in [0.4, 0.5) is 10.1 Å². The molecule has 1 aliphatic rings. The fourth-order valence-corrected chi connectivity index (χ4v) is 2.65. The molecule has 1 aromatic carbocycles. The molecule has 3 rings (SSSR count). The molecule has 2 heterocycles. The molecule has 2 aromatic rings. The summed E-state index contributed by atoms with van der Waals surface area (Å²) in [5, 5.41) is 2.15. The van der Waals surface area contributed by atoms with Crippen LogP contribution in [-0.2, 0) is 9.59 Å². The molecule has 24 heavy (non-hydrogen) atoms. The fourth-order valence-electron chi connectivity index (χ4n) is 2.19. The third-order valence-corrected chi connectivity index (χ3v) is 3.89. The van der Waals surface area contributed by atoms with Crippen LogP contribution in [0.2, 0.25) is 5.02 Å². The molecule has 0 aliphatic carbocycles. The van der Waals surface area contributed by atoms with Crippen LogP contribution in [0.15, 0.2) is 40.3 Å². The number of benzene rings is 1. The van der Waals surface area contributed by atoms with E-state index in [1.165, 1.54) is 18.2 Å². The first-order valence-corrected chi connectivity index (χ1v) is 7.58. The minimum absolute atomic E-state index is 0.111. The van der Waals surface area contributed by atoms with Crippen molar-refractivity contribution >= 4 is 52.5 Å². The predicted molar refractivity (Wildman–Crippen MR) is 91.1 cm³/mol. The summed E-state index contributed by atoms with van der Waals surface area (Å²) in [7, 11) is 0. The molecule has 1 aliphatic heterocycles. The van der Waals surface area contributed by atoms with Gasteiger partial charge in [-0.15, -0.1) is 0 Å². The highest BCUT2D eigenvalue weighted by Gasteiger charge is 2.35. The Kier molecular flexibility index (Phi) is 4.21. The molecule has 1 aromatic heterocycles. The maximum absolute atomic E-state index is 13.3. The summed E-state index contributed by atoms with van der Waals surface area (Å²) < 4.78 is 18.7. The molecule has 2 amide bonds. The number of anilines is 1. The summed E-state index contributed by atoms with van der Waals surface area (Å²) in [6.07, 6.45) is 1.32. The van der Waals surface area contributed by atoms with E-state index in [1.807, 2.05) is 0 Å². The van der Waals surface area contributed by atoms with Crippen LogP contribution < -0.4 is 10.2 Å². The van der Waals surface area contributed by atoms with Gasteiger partial charge in [-0.25, -0.2) is 4.39 Å². The van der Waals surface area contributed by atoms with Crippen molar-refractivity contribution in [2.75, 3.05) is 4.90 Å². The molecule has 0 bridgehead atoms. The molecule has 0 saturated carbocycles. The minimum Gasteiger partial charge on any atom is -0.462 e. The van der Waals surface area contributed by atoms with Crippen LogP contribution in [0.5, 0.6) is 0 Å². The van der Waals surface area contributed by atoms with E-state index in [2.05, 4.69) is 5.32 Å². The van der Waals surface area contributed by atoms with Crippen molar-refractivity contribution in [3.05, 3.63) is 58.3 Å². The maximum Gasteiger partial charge on any atom is 0.270 e. The summed E-state index contributed by atoms with van der Waals surface area (Å²) in [5.41, 5.74) is 0.0938. The van der Waals surface area contributed by atoms with Gasteiger partial charge in [-0.3, -0.25) is 19.8 Å². The molecule has 5 nitrogen and oxygen atoms in total. The average Bonchev–Trinajstić information content (AvgIpc) is 2.92. The maximum atomic E-state index is 13.3. The lowest BCUT2D eigenvalue weighted by Crippen LogP contribution is -2.54. The number of halogens is 2. The average molecular weight is 365 g/mol. The summed E-state index contributed by atoms with van der Waals surface area (Å²) in [5.74, 6) is -0.912. The second kappa shape index (κ2) is 6.18. The largest absolute Gasteiger partial charge is 0.462 e. The number of carbonyl (C=O) groups is 2. The van der Waals surface area contributed by atoms with E-state index in [1.54, 1.807) is 19.1 Å². The number of nitrogens with one attached hydrogen (secondary N) is 1. The molecule has 0 radical (unpaired) electrons. The van der Waals surface area contributed by atoms with E-state index in [4.69, 9.17) is 28.2 Å². The summed E-state index contributed by atoms with van der Waals surface area (Å²) in [6.45, 7) is 1.74. The number of amides is 2. The molecule has 0 spiro atoms. The molecule has 122 valence electrons. The van der Waals surface area contributed by atoms with Gasteiger partial charge in [0.25, 0.3) is 11.8 Å². The number of aryl methyl sites for hydroxylation is 1. The Balaban J connectivity index is 2.02. The third-order valence-electron chi connectivity index (χ3n) is 3.31. The van der Waals surface area contributed by atoms with Gasteiger partial charge >= 0.3 is 0 Å². The van der Waals surface area contributed by atoms with E-state index in [0.717, 1.165) is 11.0 Å². The zero-order valence-electron chi connectivity index (χ0n) is 12.3. The molecule has 1 saturated heterocycles. The van der Waals surface area contributed by atoms with Crippen LogP contribution >= 0.6 is 23.8 Å². The monoisotopic (exact) mass is 364 g/mol. The van der Waals surface area contributed by atoms with Gasteiger partial charge in [0.05, 0.1) is 10.7 Å². The Hall–Kier alpha value is -2.51. The Morgan fingerprint density at radius 1 is 1.29 bits per heavy atom. The quantitative estimate of drug-likeness (QED) is 0.505. The van der Waals surface area contributed by atoms with Crippen molar-refractivity contribution in [2.45, 2.75) is 6.92 Å². The van der Waals surface area contributed by atoms with Crippen molar-refractivity contribution in [1.82, 2.24) is 5.32 Å². The molecule has 1 N–H and O–H groups in total. The van der Waals surface area contributed by atoms with Crippen molar-refractivity contribution in [3.63, 3.8) is 0 Å². The number of thiocarbonyl (C=S) groups is 1. The summed E-state index contributed by atoms with van der Waals surface area (Å²) in [4.78, 5) is 25.8. The van der Waals surface area contributed by atoms with Crippen LogP contribution in [0.25, 0.3) is 6.08 Å². The van der Waals surface area contributed by atoms with Gasteiger partial charge in [-0.05, 0) is 55.5 Å². The number of hydrogen-bond acceptors (Lipinski definition) is 4. The molecule has 8 heteroatoms. The second-order valence-electron chi connectivity index (χ2n) is 5.00. The van der Waals surface area contributed by atoms with Gasteiger partial charge < -0.3 is 4.42 Å². The lowest BCUT2D eigenvalue weighted by Gasteiger charge is -2.28. The third kappa shape index (κ3) is 2.95. The van der Waals surface area contributed by atoms with E-state index in [0.29, 0.717) is 11.5 Å². The highest BCUT2D eigenvalue weighted by Crippen LogP contribution is 2.26. The van der Waals surface area contributed by atoms with E-state index >= 15 is 0 Å². The molecule has 0 atom stereocenters. The Morgan fingerprint density at radius 2 is 2.04 bits per heavy atom. The van der Waals surface area contributed by atoms with Crippen LogP contribution in [0, 0.1) is 12.7 Å². The highest BCUT2D eigenvalue weighted by molar-refractivity contribution is 7.80. The number of nitrogens with zero attached hydrogens (tertiary/aromatic N) is 1. The standard InChI is InChI=1S/C16H10ClFN2O3S/c1-8-2-4-10(23-8)7-11-14(21)19-16(24)20(15(11)22)9-3-5-13(18)12(17)6-9/h2-7H,1H3,(H,19,21,24)/b11-7+. The number of rotatable bonds is 2. The SMILES string of the molecule is Cc1ccc(/C=C2\C(=O)NC(=S)N(c3ccc(F)c(Cl)c3)C2=O)o1. The predicted octanol–water partition coefficient (Wildman–Crippen LogP) is 3.21. The van der Waals surface area contributed by atoms with Crippen molar-refractivity contribution in [3.8, 4) is 0 Å². The second-order valence-corrected chi connectivity index (χ2v) is 5.80. The van der Waals surface area contributed by atoms with E-state index in [-0.39, 0.29) is 21.4 Å². The minimum atomic E-state index is -0.652. The molecular weight excluding hydrogens is 355 g/mol. The van der Waals surface area contributed by atoms with Crippen LogP contribution in [0.1, 0.15) is 11.5 Å².